The van der Waals surface area contributed by atoms with E-state index in [1.807, 2.05) is 43.3 Å². The first-order valence-corrected chi connectivity index (χ1v) is 12.6. The van der Waals surface area contributed by atoms with Crippen molar-refractivity contribution >= 4 is 28.4 Å². The minimum Gasteiger partial charge on any atom is -0.467 e. The van der Waals surface area contributed by atoms with Crippen LogP contribution in [0.2, 0.25) is 0 Å². The molecule has 2 aromatic heterocycles. The highest BCUT2D eigenvalue weighted by Crippen LogP contribution is 2.61. The molecule has 32 heavy (non-hydrogen) atoms. The third-order valence-electron chi connectivity index (χ3n) is 7.93. The van der Waals surface area contributed by atoms with Crippen molar-refractivity contribution in [3.63, 3.8) is 0 Å². The van der Waals surface area contributed by atoms with E-state index < -0.39 is 0 Å². The third kappa shape index (κ3) is 3.35. The molecule has 5 nitrogen and oxygen atoms in total. The van der Waals surface area contributed by atoms with Crippen LogP contribution in [0, 0.1) is 23.2 Å². The molecule has 4 saturated carbocycles. The van der Waals surface area contributed by atoms with E-state index in [0.29, 0.717) is 34.1 Å². The Morgan fingerprint density at radius 1 is 1.12 bits per heavy atom. The maximum atomic E-state index is 13.8. The molecule has 0 amide bonds. The fraction of sp³-hybridized carbons (Fsp3) is 0.500. The zero-order chi connectivity index (χ0) is 21.9. The summed E-state index contributed by atoms with van der Waals surface area (Å²) < 4.78 is 7.17. The average molecular weight is 449 g/mol. The minimum absolute atomic E-state index is 0.0936. The maximum absolute atomic E-state index is 13.8. The number of hydrogen-bond donors (Lipinski definition) is 0. The van der Waals surface area contributed by atoms with E-state index in [9.17, 15) is 9.59 Å². The van der Waals surface area contributed by atoms with E-state index in [4.69, 9.17) is 9.40 Å². The number of benzene rings is 1. The number of carbonyl (C=O) groups excluding carboxylic acids is 1. The SMILES string of the molecule is CC(Sc1nc2ccccc2c(=O)n1Cc1ccco1)C(=O)C12CC3CC(CC(C3)C1)C2. The van der Waals surface area contributed by atoms with Crippen molar-refractivity contribution in [2.75, 3.05) is 0 Å². The molecular formula is C26H28N2O3S. The standard InChI is InChI=1S/C26H28N2O3S/c1-16(23(29)26-12-17-9-18(13-26)11-19(10-17)14-26)32-25-27-22-7-3-2-6-21(22)24(30)28(25)15-20-5-4-8-31-20/h2-8,16-19H,9-15H2,1H3. The van der Waals surface area contributed by atoms with Crippen LogP contribution in [0.3, 0.4) is 0 Å². The van der Waals surface area contributed by atoms with Gasteiger partial charge in [0.2, 0.25) is 0 Å². The van der Waals surface area contributed by atoms with E-state index in [0.717, 1.165) is 37.0 Å². The number of para-hydroxylation sites is 1. The number of nitrogens with zero attached hydrogens (tertiary/aromatic N) is 2. The van der Waals surface area contributed by atoms with Crippen molar-refractivity contribution in [1.82, 2.24) is 9.55 Å². The molecule has 7 rings (SSSR count). The van der Waals surface area contributed by atoms with Crippen LogP contribution >= 0.6 is 11.8 Å². The quantitative estimate of drug-likeness (QED) is 0.378. The topological polar surface area (TPSA) is 65.1 Å². The zero-order valence-electron chi connectivity index (χ0n) is 18.3. The van der Waals surface area contributed by atoms with Gasteiger partial charge in [0.25, 0.3) is 5.56 Å². The van der Waals surface area contributed by atoms with E-state index in [1.165, 1.54) is 31.0 Å². The Hall–Kier alpha value is -2.34. The summed E-state index contributed by atoms with van der Waals surface area (Å²) in [4.78, 5) is 32.0. The van der Waals surface area contributed by atoms with Gasteiger partial charge in [-0.1, -0.05) is 23.9 Å². The Labute approximate surface area is 191 Å². The van der Waals surface area contributed by atoms with Crippen molar-refractivity contribution < 1.29 is 9.21 Å². The van der Waals surface area contributed by atoms with Gasteiger partial charge in [0.1, 0.15) is 5.76 Å². The van der Waals surface area contributed by atoms with Crippen molar-refractivity contribution in [1.29, 1.82) is 0 Å². The number of furan rings is 1. The molecule has 1 unspecified atom stereocenters. The molecule has 4 fully saturated rings. The molecule has 0 aliphatic heterocycles. The summed E-state index contributed by atoms with van der Waals surface area (Å²) in [5.41, 5.74) is 0.429. The molecular weight excluding hydrogens is 420 g/mol. The summed E-state index contributed by atoms with van der Waals surface area (Å²) in [7, 11) is 0. The molecule has 2 heterocycles. The van der Waals surface area contributed by atoms with Gasteiger partial charge in [-0.15, -0.1) is 0 Å². The van der Waals surface area contributed by atoms with Gasteiger partial charge in [-0.3, -0.25) is 14.2 Å². The minimum atomic E-state index is -0.234. The molecule has 6 heteroatoms. The smallest absolute Gasteiger partial charge is 0.262 e. The van der Waals surface area contributed by atoms with Crippen LogP contribution in [0.4, 0.5) is 0 Å². The molecule has 4 aliphatic carbocycles. The van der Waals surface area contributed by atoms with E-state index in [2.05, 4.69) is 0 Å². The number of Topliss-reactive ketones (excluding diaryl/α,β-unsaturated/α-hetero) is 1. The summed E-state index contributed by atoms with van der Waals surface area (Å²) in [6.45, 7) is 2.31. The lowest BCUT2D eigenvalue weighted by Crippen LogP contribution is -2.51. The second-order valence-corrected chi connectivity index (χ2v) is 11.5. The van der Waals surface area contributed by atoms with Crippen LogP contribution in [0.5, 0.6) is 0 Å². The van der Waals surface area contributed by atoms with Crippen LogP contribution < -0.4 is 5.56 Å². The van der Waals surface area contributed by atoms with Gasteiger partial charge >= 0.3 is 0 Å². The number of ketones is 1. The fourth-order valence-electron chi connectivity index (χ4n) is 6.99. The van der Waals surface area contributed by atoms with Gasteiger partial charge in [0.05, 0.1) is 29.0 Å². The van der Waals surface area contributed by atoms with Crippen LogP contribution in [-0.2, 0) is 11.3 Å². The number of carbonyl (C=O) groups is 1. The van der Waals surface area contributed by atoms with Crippen molar-refractivity contribution in [2.45, 2.75) is 62.4 Å². The highest BCUT2D eigenvalue weighted by molar-refractivity contribution is 8.00. The number of rotatable bonds is 6. The first kappa shape index (κ1) is 20.3. The van der Waals surface area contributed by atoms with Gasteiger partial charge in [-0.25, -0.2) is 4.98 Å². The Bertz CT molecular complexity index is 1190. The largest absolute Gasteiger partial charge is 0.467 e. The summed E-state index contributed by atoms with van der Waals surface area (Å²) >= 11 is 1.44. The molecule has 3 aromatic rings. The Morgan fingerprint density at radius 3 is 2.47 bits per heavy atom. The lowest BCUT2D eigenvalue weighted by molar-refractivity contribution is -0.143. The third-order valence-corrected chi connectivity index (χ3v) is 9.02. The summed E-state index contributed by atoms with van der Waals surface area (Å²) in [5.74, 6) is 3.27. The predicted molar refractivity (Wildman–Crippen MR) is 125 cm³/mol. The molecule has 0 radical (unpaired) electrons. The number of hydrogen-bond acceptors (Lipinski definition) is 5. The monoisotopic (exact) mass is 448 g/mol. The first-order chi connectivity index (χ1) is 15.5. The van der Waals surface area contributed by atoms with Crippen molar-refractivity contribution in [3.8, 4) is 0 Å². The highest BCUT2D eigenvalue weighted by Gasteiger charge is 2.55. The Morgan fingerprint density at radius 2 is 1.81 bits per heavy atom. The van der Waals surface area contributed by atoms with Crippen LogP contribution in [0.1, 0.15) is 51.2 Å². The van der Waals surface area contributed by atoms with Gasteiger partial charge in [0, 0.05) is 5.41 Å². The van der Waals surface area contributed by atoms with Crippen molar-refractivity contribution in [3.05, 3.63) is 58.8 Å². The Kier molecular flexibility index (Phi) is 4.83. The number of fused-ring (bicyclic) bond motifs is 1. The Balaban J connectivity index is 1.34. The van der Waals surface area contributed by atoms with Gasteiger partial charge < -0.3 is 4.42 Å². The van der Waals surface area contributed by atoms with E-state index in [-0.39, 0.29) is 16.2 Å². The predicted octanol–water partition coefficient (Wildman–Crippen LogP) is 5.30. The maximum Gasteiger partial charge on any atom is 0.262 e. The molecule has 166 valence electrons. The molecule has 4 bridgehead atoms. The molecule has 0 saturated heterocycles. The summed E-state index contributed by atoms with van der Waals surface area (Å²) in [6.07, 6.45) is 8.77. The van der Waals surface area contributed by atoms with E-state index in [1.54, 1.807) is 10.8 Å². The van der Waals surface area contributed by atoms with E-state index >= 15 is 0 Å². The molecule has 0 spiro atoms. The van der Waals surface area contributed by atoms with Crippen molar-refractivity contribution in [2.24, 2.45) is 23.2 Å². The van der Waals surface area contributed by atoms with Gasteiger partial charge in [-0.2, -0.15) is 0 Å². The highest BCUT2D eigenvalue weighted by atomic mass is 32.2. The fourth-order valence-corrected chi connectivity index (χ4v) is 8.09. The average Bonchev–Trinajstić information content (AvgIpc) is 3.28. The summed E-state index contributed by atoms with van der Waals surface area (Å²) in [5, 5.41) is 0.946. The zero-order valence-corrected chi connectivity index (χ0v) is 19.1. The molecule has 4 aliphatic rings. The first-order valence-electron chi connectivity index (χ1n) is 11.7. The lowest BCUT2D eigenvalue weighted by Gasteiger charge is -2.56. The van der Waals surface area contributed by atoms with Crippen LogP contribution in [-0.4, -0.2) is 20.6 Å². The molecule has 1 atom stereocenters. The molecule has 1 aromatic carbocycles. The second-order valence-electron chi connectivity index (χ2n) is 10.2. The lowest BCUT2D eigenvalue weighted by atomic mass is 9.48. The number of aromatic nitrogens is 2. The summed E-state index contributed by atoms with van der Waals surface area (Å²) in [6, 6.07) is 11.1. The van der Waals surface area contributed by atoms with Gasteiger partial charge in [-0.05, 0) is 87.5 Å². The second kappa shape index (κ2) is 7.62. The van der Waals surface area contributed by atoms with Crippen LogP contribution in [0.15, 0.2) is 57.0 Å². The normalized spacial score (nSPS) is 29.5. The van der Waals surface area contributed by atoms with Crippen LogP contribution in [0.25, 0.3) is 10.9 Å². The molecule has 0 N–H and O–H groups in total. The number of thioether (sulfide) groups is 1. The van der Waals surface area contributed by atoms with Gasteiger partial charge in [0.15, 0.2) is 10.9 Å².